The normalized spacial score (nSPS) is 33.7. The Morgan fingerprint density at radius 1 is 0.538 bits per heavy atom. The van der Waals surface area contributed by atoms with E-state index in [4.69, 9.17) is 0 Å². The maximum Gasteiger partial charge on any atom is -0.0443 e. The fourth-order valence-electron chi connectivity index (χ4n) is 2.44. The molecule has 1 fully saturated rings. The minimum atomic E-state index is 0.994. The Labute approximate surface area is 84.1 Å². The van der Waals surface area contributed by atoms with Crippen molar-refractivity contribution >= 4 is 0 Å². The van der Waals surface area contributed by atoms with Crippen LogP contribution in [-0.4, -0.2) is 0 Å². The van der Waals surface area contributed by atoms with E-state index in [2.05, 4.69) is 13.8 Å². The summed E-state index contributed by atoms with van der Waals surface area (Å²) in [5.41, 5.74) is 0. The van der Waals surface area contributed by atoms with E-state index in [9.17, 15) is 0 Å². The van der Waals surface area contributed by atoms with Gasteiger partial charge < -0.3 is 0 Å². The first-order valence-corrected chi connectivity index (χ1v) is 6.29. The summed E-state index contributed by atoms with van der Waals surface area (Å²) in [5, 5.41) is 0. The van der Waals surface area contributed by atoms with Gasteiger partial charge in [0.2, 0.25) is 0 Å². The van der Waals surface area contributed by atoms with Gasteiger partial charge in [-0.3, -0.25) is 0 Å². The molecule has 0 aromatic rings. The fraction of sp³-hybridized carbons (Fsp3) is 1.00. The Morgan fingerprint density at radius 3 is 1.23 bits per heavy atom. The van der Waals surface area contributed by atoms with Crippen molar-refractivity contribution in [3.05, 3.63) is 0 Å². The van der Waals surface area contributed by atoms with Gasteiger partial charge in [-0.1, -0.05) is 71.6 Å². The maximum atomic E-state index is 2.43. The Hall–Kier alpha value is 0. The first-order valence-electron chi connectivity index (χ1n) is 6.29. The van der Waals surface area contributed by atoms with Crippen molar-refractivity contribution in [3.63, 3.8) is 0 Å². The van der Waals surface area contributed by atoms with Crippen LogP contribution in [0.15, 0.2) is 0 Å². The van der Waals surface area contributed by atoms with Crippen LogP contribution < -0.4 is 0 Å². The lowest BCUT2D eigenvalue weighted by Gasteiger charge is -2.10. The van der Waals surface area contributed by atoms with Gasteiger partial charge >= 0.3 is 0 Å². The zero-order chi connectivity index (χ0) is 9.52. The molecule has 1 rings (SSSR count). The highest BCUT2D eigenvalue weighted by molar-refractivity contribution is 4.60. The van der Waals surface area contributed by atoms with Crippen molar-refractivity contribution < 1.29 is 0 Å². The van der Waals surface area contributed by atoms with Gasteiger partial charge in [0.25, 0.3) is 0 Å². The molecule has 0 heterocycles. The number of hydrogen-bond donors (Lipinski definition) is 0. The van der Waals surface area contributed by atoms with E-state index in [-0.39, 0.29) is 0 Å². The molecule has 13 heavy (non-hydrogen) atoms. The third-order valence-corrected chi connectivity index (χ3v) is 3.54. The first kappa shape index (κ1) is 11.1. The van der Waals surface area contributed by atoms with Crippen LogP contribution in [0.4, 0.5) is 0 Å². The lowest BCUT2D eigenvalue weighted by Crippen LogP contribution is -1.95. The fourth-order valence-corrected chi connectivity index (χ4v) is 2.44. The molecule has 0 heteroatoms. The van der Waals surface area contributed by atoms with Gasteiger partial charge in [-0.05, 0) is 11.8 Å². The maximum absolute atomic E-state index is 2.43. The molecule has 0 amide bonds. The second kappa shape index (κ2) is 6.45. The topological polar surface area (TPSA) is 0 Å². The number of hydrogen-bond acceptors (Lipinski definition) is 0. The summed E-state index contributed by atoms with van der Waals surface area (Å²) in [6, 6.07) is 0. The molecule has 1 aliphatic rings. The average molecular weight is 182 g/mol. The molecule has 0 N–H and O–H groups in total. The van der Waals surface area contributed by atoms with E-state index < -0.39 is 0 Å². The van der Waals surface area contributed by atoms with Gasteiger partial charge in [-0.25, -0.2) is 0 Å². The monoisotopic (exact) mass is 182 g/mol. The highest BCUT2D eigenvalue weighted by atomic mass is 14.1. The van der Waals surface area contributed by atoms with Gasteiger partial charge in [-0.15, -0.1) is 0 Å². The summed E-state index contributed by atoms with van der Waals surface area (Å²) in [4.78, 5) is 0. The Bertz CT molecular complexity index is 103. The van der Waals surface area contributed by atoms with E-state index in [0.717, 1.165) is 11.8 Å². The third kappa shape index (κ3) is 5.33. The molecule has 78 valence electrons. The van der Waals surface area contributed by atoms with Crippen molar-refractivity contribution in [1.29, 1.82) is 0 Å². The summed E-state index contributed by atoms with van der Waals surface area (Å²) in [6.45, 7) is 4.86. The molecule has 0 nitrogen and oxygen atoms in total. The van der Waals surface area contributed by atoms with Crippen LogP contribution in [0.3, 0.4) is 0 Å². The van der Waals surface area contributed by atoms with Gasteiger partial charge in [0, 0.05) is 0 Å². The molecule has 0 spiro atoms. The molecule has 2 atom stereocenters. The predicted molar refractivity (Wildman–Crippen MR) is 59.9 cm³/mol. The SMILES string of the molecule is CC1CCCCCC(C)CCCC1. The van der Waals surface area contributed by atoms with Crippen molar-refractivity contribution in [1.82, 2.24) is 0 Å². The van der Waals surface area contributed by atoms with E-state index in [1.54, 1.807) is 0 Å². The predicted octanol–water partition coefficient (Wildman–Crippen LogP) is 4.78. The Balaban J connectivity index is 2.22. The zero-order valence-electron chi connectivity index (χ0n) is 9.52. The van der Waals surface area contributed by atoms with E-state index >= 15 is 0 Å². The molecule has 1 aliphatic carbocycles. The third-order valence-electron chi connectivity index (χ3n) is 3.54. The molecule has 0 aliphatic heterocycles. The van der Waals surface area contributed by atoms with Crippen molar-refractivity contribution in [2.24, 2.45) is 11.8 Å². The van der Waals surface area contributed by atoms with E-state index in [1.807, 2.05) is 0 Å². The molecule has 0 aromatic heterocycles. The van der Waals surface area contributed by atoms with Gasteiger partial charge in [0.05, 0.1) is 0 Å². The summed E-state index contributed by atoms with van der Waals surface area (Å²) >= 11 is 0. The highest BCUT2D eigenvalue weighted by Gasteiger charge is 2.07. The van der Waals surface area contributed by atoms with E-state index in [0.29, 0.717) is 0 Å². The second-order valence-corrected chi connectivity index (χ2v) is 5.13. The smallest absolute Gasteiger partial charge is 0.0443 e. The van der Waals surface area contributed by atoms with Gasteiger partial charge in [0.1, 0.15) is 0 Å². The quantitative estimate of drug-likeness (QED) is 0.505. The van der Waals surface area contributed by atoms with Crippen molar-refractivity contribution in [3.8, 4) is 0 Å². The number of rotatable bonds is 0. The zero-order valence-corrected chi connectivity index (χ0v) is 9.52. The molecule has 0 radical (unpaired) electrons. The minimum Gasteiger partial charge on any atom is -0.0625 e. The molecule has 0 saturated heterocycles. The van der Waals surface area contributed by atoms with Crippen LogP contribution in [0.25, 0.3) is 0 Å². The van der Waals surface area contributed by atoms with E-state index in [1.165, 1.54) is 57.8 Å². The standard InChI is InChI=1S/C13H26/c1-12-8-4-3-5-9-13(2)11-7-6-10-12/h12-13H,3-11H2,1-2H3. The first-order chi connectivity index (χ1) is 6.29. The van der Waals surface area contributed by atoms with Crippen LogP contribution in [0, 0.1) is 11.8 Å². The molecular formula is C13H26. The Kier molecular flexibility index (Phi) is 5.50. The van der Waals surface area contributed by atoms with Gasteiger partial charge in [0.15, 0.2) is 0 Å². The lowest BCUT2D eigenvalue weighted by molar-refractivity contribution is 0.436. The summed E-state index contributed by atoms with van der Waals surface area (Å²) in [6.07, 6.45) is 13.3. The highest BCUT2D eigenvalue weighted by Crippen LogP contribution is 2.23. The second-order valence-electron chi connectivity index (χ2n) is 5.13. The van der Waals surface area contributed by atoms with Crippen molar-refractivity contribution in [2.75, 3.05) is 0 Å². The van der Waals surface area contributed by atoms with Crippen LogP contribution in [0.1, 0.15) is 71.6 Å². The van der Waals surface area contributed by atoms with Gasteiger partial charge in [-0.2, -0.15) is 0 Å². The summed E-state index contributed by atoms with van der Waals surface area (Å²) in [7, 11) is 0. The Morgan fingerprint density at radius 2 is 0.846 bits per heavy atom. The van der Waals surface area contributed by atoms with Crippen molar-refractivity contribution in [2.45, 2.75) is 71.6 Å². The molecule has 2 unspecified atom stereocenters. The molecule has 0 bridgehead atoms. The molecular weight excluding hydrogens is 156 g/mol. The summed E-state index contributed by atoms with van der Waals surface area (Å²) in [5.74, 6) is 1.99. The molecule has 1 saturated carbocycles. The largest absolute Gasteiger partial charge is 0.0625 e. The lowest BCUT2D eigenvalue weighted by atomic mass is 9.97. The minimum absolute atomic E-state index is 0.994. The van der Waals surface area contributed by atoms with Crippen LogP contribution in [0.2, 0.25) is 0 Å². The van der Waals surface area contributed by atoms with Crippen LogP contribution in [-0.2, 0) is 0 Å². The van der Waals surface area contributed by atoms with Crippen LogP contribution in [0.5, 0.6) is 0 Å². The molecule has 0 aromatic carbocycles. The van der Waals surface area contributed by atoms with Crippen LogP contribution >= 0.6 is 0 Å². The average Bonchev–Trinajstić information content (AvgIpc) is 2.14. The summed E-state index contributed by atoms with van der Waals surface area (Å²) < 4.78 is 0.